The Kier molecular flexibility index (Phi) is 6.80. The maximum atomic E-state index is 13.1. The molecule has 1 unspecified atom stereocenters. The number of nitrogens with zero attached hydrogens (tertiary/aromatic N) is 1. The van der Waals surface area contributed by atoms with Gasteiger partial charge < -0.3 is 39.9 Å². The summed E-state index contributed by atoms with van der Waals surface area (Å²) in [5.41, 5.74) is -0.946. The van der Waals surface area contributed by atoms with Crippen molar-refractivity contribution in [2.24, 2.45) is 0 Å². The first-order valence-corrected chi connectivity index (χ1v) is 10.6. The maximum absolute atomic E-state index is 13.1. The van der Waals surface area contributed by atoms with Gasteiger partial charge in [-0.1, -0.05) is 11.6 Å². The van der Waals surface area contributed by atoms with Crippen molar-refractivity contribution >= 4 is 30.7 Å². The number of methoxy groups -OCH3 is 1. The zero-order valence-corrected chi connectivity index (χ0v) is 20.0. The molecule has 35 heavy (non-hydrogen) atoms. The first kappa shape index (κ1) is 25.9. The van der Waals surface area contributed by atoms with Crippen molar-refractivity contribution in [2.45, 2.75) is 25.7 Å². The summed E-state index contributed by atoms with van der Waals surface area (Å²) >= 11 is 6.10. The summed E-state index contributed by atoms with van der Waals surface area (Å²) in [6, 6.07) is 4.14. The number of aliphatic hydroxyl groups is 2. The quantitative estimate of drug-likeness (QED) is 0.0938. The van der Waals surface area contributed by atoms with Crippen LogP contribution in [0, 0.1) is 0 Å². The van der Waals surface area contributed by atoms with Crippen LogP contribution in [-0.4, -0.2) is 55.9 Å². The zero-order valence-electron chi connectivity index (χ0n) is 19.2. The lowest BCUT2D eigenvalue weighted by Gasteiger charge is -2.33. The second kappa shape index (κ2) is 9.18. The van der Waals surface area contributed by atoms with Gasteiger partial charge >= 0.3 is 0 Å². The van der Waals surface area contributed by atoms with Gasteiger partial charge in [0.1, 0.15) is 13.6 Å². The molecular weight excluding hydrogens is 481 g/mol. The number of pyridine rings is 1. The van der Waals surface area contributed by atoms with Crippen molar-refractivity contribution in [1.82, 2.24) is 4.57 Å². The van der Waals surface area contributed by atoms with Gasteiger partial charge in [-0.05, 0) is 43.1 Å². The summed E-state index contributed by atoms with van der Waals surface area (Å²) in [5, 5.41) is 62.2. The minimum absolute atomic E-state index is 0.0920. The highest BCUT2D eigenvalue weighted by molar-refractivity contribution is 6.36. The Morgan fingerprint density at radius 3 is 2.23 bits per heavy atom. The van der Waals surface area contributed by atoms with Crippen molar-refractivity contribution in [3.05, 3.63) is 57.0 Å². The standard InChI is InChI=1S/C23H23BClNO9/c1-9(27)12-5-4-11(25)6-13(12)14-7-16(28)26(8-15(14)35-3)10(2)23(33,34)17-18(24)20(30)22(32)21(31)19(17)29/h4-8,10,29-34H,24H2,1-3H3. The number of carbonyl (C=O) groups excluding carboxylic acids is 1. The van der Waals surface area contributed by atoms with Crippen molar-refractivity contribution < 1.29 is 40.2 Å². The average Bonchev–Trinajstić information content (AvgIpc) is 2.80. The number of rotatable bonds is 6. The Morgan fingerprint density at radius 2 is 1.66 bits per heavy atom. The van der Waals surface area contributed by atoms with Crippen LogP contribution in [0.3, 0.4) is 0 Å². The molecule has 3 aromatic rings. The predicted molar refractivity (Wildman–Crippen MR) is 130 cm³/mol. The molecule has 1 aromatic heterocycles. The number of Topliss-reactive ketones (excluding diaryl/α,β-unsaturated/α-hetero) is 1. The molecule has 0 bridgehead atoms. The largest absolute Gasteiger partial charge is 0.505 e. The fourth-order valence-corrected chi connectivity index (χ4v) is 4.09. The van der Waals surface area contributed by atoms with Crippen molar-refractivity contribution in [3.63, 3.8) is 0 Å². The Hall–Kier alpha value is -3.67. The highest BCUT2D eigenvalue weighted by Crippen LogP contribution is 2.47. The van der Waals surface area contributed by atoms with Crippen LogP contribution in [0.5, 0.6) is 28.7 Å². The molecule has 3 rings (SSSR count). The Morgan fingerprint density at radius 1 is 1.06 bits per heavy atom. The lowest BCUT2D eigenvalue weighted by Crippen LogP contribution is -2.42. The molecule has 1 heterocycles. The van der Waals surface area contributed by atoms with E-state index in [9.17, 15) is 40.2 Å². The van der Waals surface area contributed by atoms with E-state index in [1.807, 2.05) is 0 Å². The van der Waals surface area contributed by atoms with E-state index in [1.54, 1.807) is 0 Å². The first-order chi connectivity index (χ1) is 16.2. The fourth-order valence-electron chi connectivity index (χ4n) is 3.92. The predicted octanol–water partition coefficient (Wildman–Crippen LogP) is 0.859. The summed E-state index contributed by atoms with van der Waals surface area (Å²) in [4.78, 5) is 25.2. The van der Waals surface area contributed by atoms with Crippen LogP contribution in [0.15, 0.2) is 35.3 Å². The third kappa shape index (κ3) is 4.29. The highest BCUT2D eigenvalue weighted by Gasteiger charge is 2.41. The molecular formula is C23H23BClNO9. The number of hydrogen-bond donors (Lipinski definition) is 6. The van der Waals surface area contributed by atoms with Gasteiger partial charge in [-0.3, -0.25) is 9.59 Å². The van der Waals surface area contributed by atoms with Crippen LogP contribution < -0.4 is 15.8 Å². The minimum atomic E-state index is -3.02. The lowest BCUT2D eigenvalue weighted by atomic mass is 9.82. The summed E-state index contributed by atoms with van der Waals surface area (Å²) < 4.78 is 6.30. The van der Waals surface area contributed by atoms with E-state index in [2.05, 4.69) is 0 Å². The van der Waals surface area contributed by atoms with E-state index >= 15 is 0 Å². The molecule has 2 aromatic carbocycles. The summed E-state index contributed by atoms with van der Waals surface area (Å²) in [6.45, 7) is 2.59. The molecule has 0 aliphatic carbocycles. The molecule has 0 amide bonds. The Balaban J connectivity index is 2.23. The number of phenols is 4. The monoisotopic (exact) mass is 503 g/mol. The van der Waals surface area contributed by atoms with Gasteiger partial charge in [0.2, 0.25) is 17.3 Å². The highest BCUT2D eigenvalue weighted by atomic mass is 35.5. The van der Waals surface area contributed by atoms with Crippen LogP contribution in [0.2, 0.25) is 5.02 Å². The lowest BCUT2D eigenvalue weighted by molar-refractivity contribution is -0.200. The number of benzene rings is 2. The van der Waals surface area contributed by atoms with Crippen LogP contribution >= 0.6 is 11.6 Å². The molecule has 12 heteroatoms. The molecule has 184 valence electrons. The van der Waals surface area contributed by atoms with Gasteiger partial charge in [0.15, 0.2) is 17.3 Å². The number of ketones is 1. The van der Waals surface area contributed by atoms with E-state index in [1.165, 1.54) is 53.2 Å². The SMILES string of the molecule is Bc1c(O)c(O)c(O)c(O)c1C(O)(O)C(C)n1cc(OC)c(-c2cc(Cl)ccc2C(C)=O)cc1=O. The summed E-state index contributed by atoms with van der Waals surface area (Å²) in [5.74, 6) is -7.38. The summed E-state index contributed by atoms with van der Waals surface area (Å²) in [7, 11) is 2.49. The Labute approximate surface area is 205 Å². The molecule has 0 fully saturated rings. The van der Waals surface area contributed by atoms with Gasteiger partial charge in [0.25, 0.3) is 5.56 Å². The molecule has 0 aliphatic rings. The van der Waals surface area contributed by atoms with Crippen LogP contribution in [0.25, 0.3) is 11.1 Å². The van der Waals surface area contributed by atoms with Gasteiger partial charge in [-0.25, -0.2) is 0 Å². The van der Waals surface area contributed by atoms with Crippen molar-refractivity contribution in [2.75, 3.05) is 7.11 Å². The third-order valence-electron chi connectivity index (χ3n) is 5.92. The molecule has 10 nitrogen and oxygen atoms in total. The van der Waals surface area contributed by atoms with Gasteiger partial charge in [-0.15, -0.1) is 0 Å². The fraction of sp³-hybridized carbons (Fsp3) is 0.217. The van der Waals surface area contributed by atoms with Gasteiger partial charge in [-0.2, -0.15) is 0 Å². The van der Waals surface area contributed by atoms with E-state index in [0.717, 1.165) is 10.6 Å². The number of hydrogen-bond acceptors (Lipinski definition) is 9. The summed E-state index contributed by atoms with van der Waals surface area (Å²) in [6.07, 6.45) is 1.18. The third-order valence-corrected chi connectivity index (χ3v) is 6.16. The van der Waals surface area contributed by atoms with Crippen molar-refractivity contribution in [3.8, 4) is 39.9 Å². The molecule has 0 spiro atoms. The second-order valence-corrected chi connectivity index (χ2v) is 8.48. The molecule has 0 saturated heterocycles. The van der Waals surface area contributed by atoms with Crippen molar-refractivity contribution in [1.29, 1.82) is 0 Å². The molecule has 0 aliphatic heterocycles. The topological polar surface area (TPSA) is 170 Å². The van der Waals surface area contributed by atoms with Crippen LogP contribution in [0.1, 0.15) is 35.8 Å². The van der Waals surface area contributed by atoms with E-state index in [-0.39, 0.29) is 28.1 Å². The number of halogens is 1. The smallest absolute Gasteiger partial charge is 0.251 e. The Bertz CT molecular complexity index is 1370. The van der Waals surface area contributed by atoms with Gasteiger partial charge in [0, 0.05) is 22.2 Å². The zero-order chi connectivity index (χ0) is 26.4. The normalized spacial score (nSPS) is 12.4. The minimum Gasteiger partial charge on any atom is -0.505 e. The molecule has 1 atom stereocenters. The van der Waals surface area contributed by atoms with E-state index in [0.29, 0.717) is 10.6 Å². The molecule has 0 radical (unpaired) electrons. The van der Waals surface area contributed by atoms with Crippen LogP contribution in [-0.2, 0) is 5.79 Å². The van der Waals surface area contributed by atoms with E-state index < -0.39 is 45.9 Å². The van der Waals surface area contributed by atoms with Gasteiger partial charge in [0.05, 0.1) is 24.9 Å². The molecule has 0 saturated carbocycles. The first-order valence-electron chi connectivity index (χ1n) is 10.3. The molecule has 6 N–H and O–H groups in total. The average molecular weight is 504 g/mol. The number of ether oxygens (including phenoxy) is 1. The maximum Gasteiger partial charge on any atom is 0.251 e. The number of aromatic nitrogens is 1. The number of aromatic hydroxyl groups is 4. The number of phenolic OH excluding ortho intramolecular Hbond substituents is 4. The second-order valence-electron chi connectivity index (χ2n) is 8.04. The van der Waals surface area contributed by atoms with Crippen LogP contribution in [0.4, 0.5) is 0 Å². The number of carbonyl (C=O) groups is 1. The van der Waals surface area contributed by atoms with E-state index in [4.69, 9.17) is 16.3 Å².